The van der Waals surface area contributed by atoms with Crippen LogP contribution in [0.15, 0.2) is 48.6 Å². The number of hydrogen-bond acceptors (Lipinski definition) is 5. The lowest BCUT2D eigenvalue weighted by atomic mass is 10.00. The van der Waals surface area contributed by atoms with Gasteiger partial charge in [0.05, 0.1) is 11.7 Å². The van der Waals surface area contributed by atoms with Gasteiger partial charge in [-0.2, -0.15) is 5.21 Å². The van der Waals surface area contributed by atoms with Gasteiger partial charge in [-0.25, -0.2) is 9.69 Å². The summed E-state index contributed by atoms with van der Waals surface area (Å²) in [6.07, 6.45) is 4.96. The Bertz CT molecular complexity index is 1110. The van der Waals surface area contributed by atoms with Crippen LogP contribution in [-0.4, -0.2) is 49.5 Å². The van der Waals surface area contributed by atoms with Crippen LogP contribution < -0.4 is 4.90 Å². The minimum atomic E-state index is -0.372. The molecule has 1 N–H and O–H groups in total. The first-order valence-corrected chi connectivity index (χ1v) is 8.84. The van der Waals surface area contributed by atoms with Crippen molar-refractivity contribution >= 4 is 28.4 Å². The molecule has 8 heteroatoms. The van der Waals surface area contributed by atoms with E-state index in [-0.39, 0.29) is 29.9 Å². The number of carbonyl (C=O) groups excluding carboxylic acids is 2. The highest BCUT2D eigenvalue weighted by Gasteiger charge is 2.57. The quantitative estimate of drug-likeness (QED) is 0.559. The predicted molar refractivity (Wildman–Crippen MR) is 96.7 cm³/mol. The zero-order valence-electron chi connectivity index (χ0n) is 14.1. The van der Waals surface area contributed by atoms with Crippen molar-refractivity contribution in [1.82, 2.24) is 25.5 Å². The highest BCUT2D eigenvalue weighted by Crippen LogP contribution is 2.45. The number of fused-ring (bicyclic) bond motifs is 6. The Hall–Kier alpha value is -3.55. The second kappa shape index (κ2) is 5.00. The maximum atomic E-state index is 13.1. The van der Waals surface area contributed by atoms with Crippen LogP contribution in [-0.2, 0) is 4.79 Å². The fraction of sp³-hybridized carbons (Fsp3) is 0.211. The fourth-order valence-corrected chi connectivity index (χ4v) is 4.64. The van der Waals surface area contributed by atoms with Gasteiger partial charge in [0.1, 0.15) is 6.04 Å². The van der Waals surface area contributed by atoms with E-state index in [1.54, 1.807) is 11.0 Å². The molecule has 0 radical (unpaired) electrons. The topological polar surface area (TPSA) is 95.1 Å². The molecule has 3 unspecified atom stereocenters. The Morgan fingerprint density at radius 3 is 2.67 bits per heavy atom. The van der Waals surface area contributed by atoms with Gasteiger partial charge in [-0.1, -0.05) is 36.4 Å². The van der Waals surface area contributed by atoms with Gasteiger partial charge in [-0.3, -0.25) is 4.79 Å². The number of carbonyl (C=O) groups is 2. The number of benzene rings is 2. The molecule has 8 nitrogen and oxygen atoms in total. The Balaban J connectivity index is 1.52. The molecule has 3 aliphatic rings. The number of nitrogens with zero attached hydrogens (tertiary/aromatic N) is 5. The number of aromatic nitrogens is 4. The van der Waals surface area contributed by atoms with Gasteiger partial charge in [-0.05, 0) is 29.2 Å². The Morgan fingerprint density at radius 2 is 1.89 bits per heavy atom. The summed E-state index contributed by atoms with van der Waals surface area (Å²) in [5, 5.41) is 15.9. The SMILES string of the molecule is O=C1C2C3C=CC(C3)N2C(=O)N1c1ccc(-c2nn[nH]n2)c2ccccc12. The molecule has 27 heavy (non-hydrogen) atoms. The zero-order chi connectivity index (χ0) is 18.1. The van der Waals surface area contributed by atoms with E-state index in [0.29, 0.717) is 11.5 Å². The van der Waals surface area contributed by atoms with Crippen molar-refractivity contribution in [3.63, 3.8) is 0 Å². The molecule has 0 spiro atoms. The maximum absolute atomic E-state index is 13.1. The average molecular weight is 358 g/mol. The molecule has 3 amide bonds. The van der Waals surface area contributed by atoms with E-state index in [1.165, 1.54) is 4.90 Å². The van der Waals surface area contributed by atoms with E-state index in [4.69, 9.17) is 0 Å². The Morgan fingerprint density at radius 1 is 1.04 bits per heavy atom. The van der Waals surface area contributed by atoms with E-state index in [1.807, 2.05) is 36.4 Å². The van der Waals surface area contributed by atoms with Crippen LogP contribution in [0.1, 0.15) is 6.42 Å². The number of amides is 3. The van der Waals surface area contributed by atoms with E-state index >= 15 is 0 Å². The third-order valence-electron chi connectivity index (χ3n) is 5.77. The molecule has 1 aliphatic carbocycles. The molecule has 2 saturated heterocycles. The molecule has 2 bridgehead atoms. The fourth-order valence-electron chi connectivity index (χ4n) is 4.64. The molecule has 6 rings (SSSR count). The van der Waals surface area contributed by atoms with Gasteiger partial charge in [0, 0.05) is 16.9 Å². The van der Waals surface area contributed by atoms with Gasteiger partial charge in [0.25, 0.3) is 5.91 Å². The minimum absolute atomic E-state index is 0.0336. The number of anilines is 1. The molecule has 2 aliphatic heterocycles. The van der Waals surface area contributed by atoms with Gasteiger partial charge in [-0.15, -0.1) is 10.2 Å². The average Bonchev–Trinajstić information content (AvgIpc) is 3.46. The summed E-state index contributed by atoms with van der Waals surface area (Å²) < 4.78 is 0. The normalized spacial score (nSPS) is 25.9. The number of urea groups is 1. The molecule has 132 valence electrons. The lowest BCUT2D eigenvalue weighted by molar-refractivity contribution is -0.119. The molecule has 1 aromatic heterocycles. The smallest absolute Gasteiger partial charge is 0.305 e. The number of imide groups is 1. The number of hydrogen-bond donors (Lipinski definition) is 1. The standard InChI is InChI=1S/C19H14N6O2/c26-18-16-10-5-6-11(9-10)24(16)19(27)25(18)15-8-7-14(17-20-22-23-21-17)12-3-1-2-4-13(12)15/h1-8,10-11,16H,9H2,(H,20,21,22,23). The van der Waals surface area contributed by atoms with Crippen LogP contribution in [0.5, 0.6) is 0 Å². The summed E-state index contributed by atoms with van der Waals surface area (Å²) in [5.74, 6) is 0.454. The van der Waals surface area contributed by atoms with Gasteiger partial charge in [0.15, 0.2) is 0 Å². The van der Waals surface area contributed by atoms with Gasteiger partial charge in [0.2, 0.25) is 5.82 Å². The molecule has 3 aromatic rings. The lowest BCUT2D eigenvalue weighted by Crippen LogP contribution is -2.38. The highest BCUT2D eigenvalue weighted by atomic mass is 16.2. The van der Waals surface area contributed by atoms with Crippen molar-refractivity contribution in [3.05, 3.63) is 48.6 Å². The van der Waals surface area contributed by atoms with Crippen LogP contribution in [0.3, 0.4) is 0 Å². The molecule has 2 fully saturated rings. The number of nitrogens with one attached hydrogen (secondary N) is 1. The molecule has 0 saturated carbocycles. The largest absolute Gasteiger partial charge is 0.332 e. The Kier molecular flexibility index (Phi) is 2.70. The van der Waals surface area contributed by atoms with Crippen molar-refractivity contribution in [1.29, 1.82) is 0 Å². The number of aromatic amines is 1. The summed E-state index contributed by atoms with van der Waals surface area (Å²) in [5.41, 5.74) is 1.39. The van der Waals surface area contributed by atoms with Crippen molar-refractivity contribution in [2.75, 3.05) is 4.90 Å². The van der Waals surface area contributed by atoms with E-state index in [9.17, 15) is 9.59 Å². The van der Waals surface area contributed by atoms with Crippen molar-refractivity contribution in [3.8, 4) is 11.4 Å². The first-order chi connectivity index (χ1) is 13.2. The second-order valence-corrected chi connectivity index (χ2v) is 7.07. The highest BCUT2D eigenvalue weighted by molar-refractivity contribution is 6.25. The van der Waals surface area contributed by atoms with Crippen LogP contribution >= 0.6 is 0 Å². The third kappa shape index (κ3) is 1.79. The number of H-pyrrole nitrogens is 1. The maximum Gasteiger partial charge on any atom is 0.332 e. The van der Waals surface area contributed by atoms with Gasteiger partial charge >= 0.3 is 6.03 Å². The molecular weight excluding hydrogens is 344 g/mol. The molecule has 3 heterocycles. The van der Waals surface area contributed by atoms with Crippen molar-refractivity contribution in [2.45, 2.75) is 18.5 Å². The zero-order valence-corrected chi connectivity index (χ0v) is 14.1. The van der Waals surface area contributed by atoms with Crippen molar-refractivity contribution in [2.24, 2.45) is 5.92 Å². The van der Waals surface area contributed by atoms with E-state index < -0.39 is 0 Å². The monoisotopic (exact) mass is 358 g/mol. The molecule has 3 atom stereocenters. The molecule has 2 aromatic carbocycles. The van der Waals surface area contributed by atoms with Crippen LogP contribution in [0.2, 0.25) is 0 Å². The van der Waals surface area contributed by atoms with Crippen LogP contribution in [0.4, 0.5) is 10.5 Å². The lowest BCUT2D eigenvalue weighted by Gasteiger charge is -2.22. The summed E-state index contributed by atoms with van der Waals surface area (Å²) in [6.45, 7) is 0. The van der Waals surface area contributed by atoms with Crippen LogP contribution in [0, 0.1) is 5.92 Å². The summed E-state index contributed by atoms with van der Waals surface area (Å²) >= 11 is 0. The van der Waals surface area contributed by atoms with Gasteiger partial charge < -0.3 is 4.90 Å². The summed E-state index contributed by atoms with van der Waals surface area (Å²) in [6, 6.07) is 10.7. The van der Waals surface area contributed by atoms with E-state index in [2.05, 4.69) is 26.7 Å². The third-order valence-corrected chi connectivity index (χ3v) is 5.77. The predicted octanol–water partition coefficient (Wildman–Crippen LogP) is 2.12. The second-order valence-electron chi connectivity index (χ2n) is 7.07. The first kappa shape index (κ1) is 14.6. The first-order valence-electron chi connectivity index (χ1n) is 8.84. The minimum Gasteiger partial charge on any atom is -0.305 e. The molecular formula is C19H14N6O2. The van der Waals surface area contributed by atoms with E-state index in [0.717, 1.165) is 22.8 Å². The summed E-state index contributed by atoms with van der Waals surface area (Å²) in [4.78, 5) is 29.3. The van der Waals surface area contributed by atoms with Crippen LogP contribution in [0.25, 0.3) is 22.2 Å². The number of rotatable bonds is 2. The number of tetrazole rings is 1. The van der Waals surface area contributed by atoms with Crippen molar-refractivity contribution < 1.29 is 9.59 Å². The summed E-state index contributed by atoms with van der Waals surface area (Å²) in [7, 11) is 0. The Labute approximate surface area is 153 Å².